The summed E-state index contributed by atoms with van der Waals surface area (Å²) in [5.41, 5.74) is -0.352. The van der Waals surface area contributed by atoms with Crippen LogP contribution in [0.2, 0.25) is 0 Å². The first-order valence-corrected chi connectivity index (χ1v) is 8.10. The van der Waals surface area contributed by atoms with E-state index in [4.69, 9.17) is 4.74 Å². The maximum Gasteiger partial charge on any atom is 0.310 e. The van der Waals surface area contributed by atoms with Crippen molar-refractivity contribution in [3.05, 3.63) is 0 Å². The molecule has 0 spiro atoms. The molecular formula is C16H31IN4O3. The van der Waals surface area contributed by atoms with Crippen LogP contribution in [-0.2, 0) is 14.3 Å². The van der Waals surface area contributed by atoms with Gasteiger partial charge in [0.25, 0.3) is 0 Å². The quantitative estimate of drug-likeness (QED) is 0.273. The Bertz CT molecular complexity index is 449. The molecule has 1 fully saturated rings. The SMILES string of the molecule is CN=C(NCC(C)C(=O)OC)NCC1(C(=O)N(C)C)CCCC1.I. The van der Waals surface area contributed by atoms with Gasteiger partial charge in [0.2, 0.25) is 5.91 Å². The maximum absolute atomic E-state index is 12.5. The second-order valence-corrected chi connectivity index (χ2v) is 6.42. The van der Waals surface area contributed by atoms with Crippen LogP contribution in [0, 0.1) is 11.3 Å². The molecule has 0 radical (unpaired) electrons. The van der Waals surface area contributed by atoms with Crippen LogP contribution in [0.4, 0.5) is 0 Å². The lowest BCUT2D eigenvalue weighted by Gasteiger charge is -2.31. The highest BCUT2D eigenvalue weighted by Crippen LogP contribution is 2.38. The summed E-state index contributed by atoms with van der Waals surface area (Å²) in [7, 11) is 6.65. The summed E-state index contributed by atoms with van der Waals surface area (Å²) in [6, 6.07) is 0. The Morgan fingerprint density at radius 3 is 2.29 bits per heavy atom. The lowest BCUT2D eigenvalue weighted by Crippen LogP contribution is -2.49. The summed E-state index contributed by atoms with van der Waals surface area (Å²) in [5.74, 6) is 0.241. The predicted molar refractivity (Wildman–Crippen MR) is 106 cm³/mol. The van der Waals surface area contributed by atoms with Crippen molar-refractivity contribution in [3.8, 4) is 0 Å². The van der Waals surface area contributed by atoms with Crippen LogP contribution < -0.4 is 10.6 Å². The average molecular weight is 454 g/mol. The second-order valence-electron chi connectivity index (χ2n) is 6.42. The zero-order valence-electron chi connectivity index (χ0n) is 15.3. The molecule has 0 aromatic rings. The van der Waals surface area contributed by atoms with Gasteiger partial charge >= 0.3 is 5.97 Å². The minimum Gasteiger partial charge on any atom is -0.469 e. The van der Waals surface area contributed by atoms with E-state index in [-0.39, 0.29) is 47.2 Å². The molecule has 1 amide bonds. The number of methoxy groups -OCH3 is 1. The van der Waals surface area contributed by atoms with E-state index in [0.717, 1.165) is 25.7 Å². The van der Waals surface area contributed by atoms with E-state index in [1.165, 1.54) is 7.11 Å². The van der Waals surface area contributed by atoms with Crippen LogP contribution in [-0.4, -0.2) is 64.1 Å². The van der Waals surface area contributed by atoms with Crippen molar-refractivity contribution >= 4 is 41.8 Å². The summed E-state index contributed by atoms with van der Waals surface area (Å²) >= 11 is 0. The first-order valence-electron chi connectivity index (χ1n) is 8.10. The molecule has 7 nitrogen and oxygen atoms in total. The third-order valence-corrected chi connectivity index (χ3v) is 4.42. The van der Waals surface area contributed by atoms with Crippen LogP contribution in [0.1, 0.15) is 32.6 Å². The number of esters is 1. The summed E-state index contributed by atoms with van der Waals surface area (Å²) in [5, 5.41) is 6.35. The molecule has 1 aliphatic rings. The molecule has 1 saturated carbocycles. The number of nitrogens with zero attached hydrogens (tertiary/aromatic N) is 2. The maximum atomic E-state index is 12.5. The second kappa shape index (κ2) is 10.7. The van der Waals surface area contributed by atoms with Crippen molar-refractivity contribution < 1.29 is 14.3 Å². The van der Waals surface area contributed by atoms with Gasteiger partial charge in [-0.15, -0.1) is 24.0 Å². The Kier molecular flexibility index (Phi) is 10.3. The van der Waals surface area contributed by atoms with Gasteiger partial charge < -0.3 is 20.3 Å². The van der Waals surface area contributed by atoms with Crippen molar-refractivity contribution in [2.45, 2.75) is 32.6 Å². The highest BCUT2D eigenvalue weighted by molar-refractivity contribution is 14.0. The van der Waals surface area contributed by atoms with E-state index in [2.05, 4.69) is 15.6 Å². The number of rotatable bonds is 6. The summed E-state index contributed by atoms with van der Waals surface area (Å²) < 4.78 is 4.70. The van der Waals surface area contributed by atoms with E-state index in [0.29, 0.717) is 19.0 Å². The fourth-order valence-corrected chi connectivity index (χ4v) is 3.00. The largest absolute Gasteiger partial charge is 0.469 e. The number of hydrogen-bond acceptors (Lipinski definition) is 4. The molecule has 24 heavy (non-hydrogen) atoms. The minimum atomic E-state index is -0.352. The van der Waals surface area contributed by atoms with Gasteiger partial charge in [-0.05, 0) is 12.8 Å². The van der Waals surface area contributed by atoms with Gasteiger partial charge in [0.05, 0.1) is 18.4 Å². The number of carbonyl (C=O) groups is 2. The Hall–Kier alpha value is -1.06. The van der Waals surface area contributed by atoms with Crippen molar-refractivity contribution in [3.63, 3.8) is 0 Å². The van der Waals surface area contributed by atoms with E-state index in [9.17, 15) is 9.59 Å². The molecular weight excluding hydrogens is 423 g/mol. The number of hydrogen-bond donors (Lipinski definition) is 2. The highest BCUT2D eigenvalue weighted by atomic mass is 127. The van der Waals surface area contributed by atoms with Crippen LogP contribution in [0.3, 0.4) is 0 Å². The van der Waals surface area contributed by atoms with Crippen molar-refractivity contribution in [2.24, 2.45) is 16.3 Å². The summed E-state index contributed by atoms with van der Waals surface area (Å²) in [6.45, 7) is 2.78. The number of guanidine groups is 1. The van der Waals surface area contributed by atoms with Gasteiger partial charge in [0.15, 0.2) is 5.96 Å². The Morgan fingerprint density at radius 1 is 1.25 bits per heavy atom. The molecule has 0 aliphatic heterocycles. The van der Waals surface area contributed by atoms with Gasteiger partial charge in [0.1, 0.15) is 0 Å². The molecule has 0 saturated heterocycles. The Labute approximate surface area is 162 Å². The number of aliphatic imine (C=N–C) groups is 1. The lowest BCUT2D eigenvalue weighted by atomic mass is 9.84. The Balaban J connectivity index is 0.00000529. The van der Waals surface area contributed by atoms with E-state index < -0.39 is 0 Å². The number of amides is 1. The molecule has 8 heteroatoms. The molecule has 0 aromatic carbocycles. The van der Waals surface area contributed by atoms with Gasteiger partial charge in [-0.3, -0.25) is 14.6 Å². The fourth-order valence-electron chi connectivity index (χ4n) is 3.00. The molecule has 1 atom stereocenters. The van der Waals surface area contributed by atoms with Crippen LogP contribution in [0.25, 0.3) is 0 Å². The summed E-state index contributed by atoms with van der Waals surface area (Å²) in [4.78, 5) is 29.8. The molecule has 0 bridgehead atoms. The molecule has 2 N–H and O–H groups in total. The van der Waals surface area contributed by atoms with Crippen molar-refractivity contribution in [1.82, 2.24) is 15.5 Å². The zero-order valence-corrected chi connectivity index (χ0v) is 17.7. The van der Waals surface area contributed by atoms with Crippen molar-refractivity contribution in [1.29, 1.82) is 0 Å². The summed E-state index contributed by atoms with van der Waals surface area (Å²) in [6.07, 6.45) is 3.94. The Morgan fingerprint density at radius 2 is 1.83 bits per heavy atom. The first-order chi connectivity index (χ1) is 10.9. The monoisotopic (exact) mass is 454 g/mol. The van der Waals surface area contributed by atoms with Gasteiger partial charge in [-0.2, -0.15) is 0 Å². The third kappa shape index (κ3) is 6.10. The smallest absolute Gasteiger partial charge is 0.310 e. The number of halogens is 1. The van der Waals surface area contributed by atoms with E-state index >= 15 is 0 Å². The van der Waals surface area contributed by atoms with Gasteiger partial charge in [-0.1, -0.05) is 19.8 Å². The minimum absolute atomic E-state index is 0. The van der Waals surface area contributed by atoms with Crippen LogP contribution in [0.15, 0.2) is 4.99 Å². The number of nitrogens with one attached hydrogen (secondary N) is 2. The van der Waals surface area contributed by atoms with Crippen LogP contribution >= 0.6 is 24.0 Å². The highest BCUT2D eigenvalue weighted by Gasteiger charge is 2.42. The standard InChI is InChI=1S/C16H30N4O3.HI/c1-12(13(21)23-5)10-18-15(17-2)19-11-16(8-6-7-9-16)14(22)20(3)4;/h12H,6-11H2,1-5H3,(H2,17,18,19);1H. The molecule has 1 aliphatic carbocycles. The first kappa shape index (κ1) is 22.9. The van der Waals surface area contributed by atoms with Crippen molar-refractivity contribution in [2.75, 3.05) is 41.3 Å². The average Bonchev–Trinajstić information content (AvgIpc) is 3.03. The molecule has 1 unspecified atom stereocenters. The van der Waals surface area contributed by atoms with Crippen LogP contribution in [0.5, 0.6) is 0 Å². The van der Waals surface area contributed by atoms with E-state index in [1.54, 1.807) is 33.0 Å². The predicted octanol–water partition coefficient (Wildman–Crippen LogP) is 1.23. The topological polar surface area (TPSA) is 83.0 Å². The molecule has 0 aromatic heterocycles. The van der Waals surface area contributed by atoms with E-state index in [1.807, 2.05) is 0 Å². The number of carbonyl (C=O) groups excluding carboxylic acids is 2. The number of ether oxygens (including phenoxy) is 1. The molecule has 1 rings (SSSR count). The van der Waals surface area contributed by atoms with Gasteiger partial charge in [-0.25, -0.2) is 0 Å². The zero-order chi connectivity index (χ0) is 17.5. The normalized spacial score (nSPS) is 17.5. The van der Waals surface area contributed by atoms with Gasteiger partial charge in [0, 0.05) is 34.2 Å². The molecule has 140 valence electrons. The molecule has 0 heterocycles. The third-order valence-electron chi connectivity index (χ3n) is 4.42. The fraction of sp³-hybridized carbons (Fsp3) is 0.812. The lowest BCUT2D eigenvalue weighted by molar-refractivity contribution is -0.144.